The largest absolute Gasteiger partial charge is 0.462 e. The zero-order valence-corrected chi connectivity index (χ0v) is 41.2. The molecular formula is C51H92O13. The zero-order chi connectivity index (χ0) is 47.3. The van der Waals surface area contributed by atoms with Crippen LogP contribution in [-0.2, 0) is 61.9 Å². The molecule has 0 saturated carbocycles. The van der Waals surface area contributed by atoms with Crippen molar-refractivity contribution in [1.29, 1.82) is 0 Å². The van der Waals surface area contributed by atoms with Crippen molar-refractivity contribution in [3.8, 4) is 0 Å². The number of carbonyl (C=O) groups excluding carboxylic acids is 6. The van der Waals surface area contributed by atoms with E-state index in [4.69, 9.17) is 33.2 Å². The van der Waals surface area contributed by atoms with Gasteiger partial charge in [0.25, 0.3) is 0 Å². The number of rotatable bonds is 46. The molecular weight excluding hydrogens is 821 g/mol. The van der Waals surface area contributed by atoms with Gasteiger partial charge in [0.2, 0.25) is 0 Å². The van der Waals surface area contributed by atoms with E-state index in [0.29, 0.717) is 32.3 Å². The van der Waals surface area contributed by atoms with E-state index in [0.717, 1.165) is 103 Å². The van der Waals surface area contributed by atoms with E-state index in [-0.39, 0.29) is 77.8 Å². The summed E-state index contributed by atoms with van der Waals surface area (Å²) in [7, 11) is 0. The highest BCUT2D eigenvalue weighted by atomic mass is 16.6. The lowest BCUT2D eigenvalue weighted by Gasteiger charge is -2.21. The molecule has 0 atom stereocenters. The topological polar surface area (TPSA) is 167 Å². The Morgan fingerprint density at radius 3 is 0.797 bits per heavy atom. The Kier molecular flexibility index (Phi) is 42.7. The Balaban J connectivity index is 5.25. The average molecular weight is 913 g/mol. The fourth-order valence-electron chi connectivity index (χ4n) is 7.06. The summed E-state index contributed by atoms with van der Waals surface area (Å²) in [5.41, 5.74) is 0. The van der Waals surface area contributed by atoms with Crippen LogP contribution in [-0.4, -0.2) is 87.2 Å². The predicted molar refractivity (Wildman–Crippen MR) is 249 cm³/mol. The molecule has 0 rings (SSSR count). The molecule has 0 radical (unpaired) electrons. The van der Waals surface area contributed by atoms with E-state index in [9.17, 15) is 28.8 Å². The van der Waals surface area contributed by atoms with Crippen molar-refractivity contribution in [3.05, 3.63) is 0 Å². The van der Waals surface area contributed by atoms with Gasteiger partial charge in [-0.15, -0.1) is 0 Å². The predicted octanol–water partition coefficient (Wildman–Crippen LogP) is 12.0. The van der Waals surface area contributed by atoms with Crippen LogP contribution in [0.1, 0.15) is 240 Å². The summed E-state index contributed by atoms with van der Waals surface area (Å²) in [6, 6.07) is 0. The summed E-state index contributed by atoms with van der Waals surface area (Å²) in [5.74, 6) is -2.73. The van der Waals surface area contributed by atoms with Crippen molar-refractivity contribution in [2.75, 3.05) is 33.0 Å². The van der Waals surface area contributed by atoms with Gasteiger partial charge >= 0.3 is 35.8 Å². The first-order valence-electron chi connectivity index (χ1n) is 25.7. The summed E-state index contributed by atoms with van der Waals surface area (Å²) < 4.78 is 39.0. The first kappa shape index (κ1) is 60.8. The first-order chi connectivity index (χ1) is 31.1. The number of ether oxygens (including phenoxy) is 7. The van der Waals surface area contributed by atoms with Crippen molar-refractivity contribution in [2.45, 2.75) is 258 Å². The van der Waals surface area contributed by atoms with Crippen LogP contribution < -0.4 is 0 Å². The molecule has 0 amide bonds. The Morgan fingerprint density at radius 1 is 0.297 bits per heavy atom. The molecule has 374 valence electrons. The molecule has 64 heavy (non-hydrogen) atoms. The van der Waals surface area contributed by atoms with Gasteiger partial charge < -0.3 is 33.2 Å². The van der Waals surface area contributed by atoms with Crippen molar-refractivity contribution in [3.63, 3.8) is 0 Å². The summed E-state index contributed by atoms with van der Waals surface area (Å²) in [6.07, 6.45) is 23.7. The van der Waals surface area contributed by atoms with Crippen LogP contribution in [0.5, 0.6) is 0 Å². The van der Waals surface area contributed by atoms with Crippen molar-refractivity contribution in [2.24, 2.45) is 0 Å². The molecule has 0 N–H and O–H groups in total. The second-order valence-electron chi connectivity index (χ2n) is 17.2. The minimum atomic E-state index is -0.966. The van der Waals surface area contributed by atoms with Gasteiger partial charge in [-0.05, 0) is 45.4 Å². The Labute approximate surface area is 388 Å². The number of carbonyl (C=O) groups is 6. The van der Waals surface area contributed by atoms with Crippen molar-refractivity contribution < 1.29 is 61.9 Å². The second-order valence-corrected chi connectivity index (χ2v) is 17.2. The molecule has 0 aliphatic rings. The number of esters is 6. The highest BCUT2D eigenvalue weighted by Gasteiger charge is 2.23. The lowest BCUT2D eigenvalue weighted by molar-refractivity contribution is -0.168. The van der Waals surface area contributed by atoms with Crippen LogP contribution in [0.15, 0.2) is 0 Å². The fraction of sp³-hybridized carbons (Fsp3) is 0.882. The van der Waals surface area contributed by atoms with E-state index in [1.54, 1.807) is 0 Å². The molecule has 0 fully saturated rings. The molecule has 0 saturated heterocycles. The SMILES string of the molecule is CCCCCCCCC(=O)OCC(COC(=O)CCCCCCCC)OC(=O)CCC(CCC(=O)OC(COC(=O)CCCCCCCC)COC(=O)CCCCCCCC)OCC. The molecule has 13 nitrogen and oxygen atoms in total. The van der Waals surface area contributed by atoms with Gasteiger partial charge in [0.15, 0.2) is 12.2 Å². The van der Waals surface area contributed by atoms with Gasteiger partial charge in [-0.3, -0.25) is 28.8 Å². The zero-order valence-electron chi connectivity index (χ0n) is 41.2. The van der Waals surface area contributed by atoms with Crippen LogP contribution in [0.25, 0.3) is 0 Å². The average Bonchev–Trinajstić information content (AvgIpc) is 3.28. The lowest BCUT2D eigenvalue weighted by atomic mass is 10.1. The molecule has 0 aliphatic carbocycles. The number of unbranched alkanes of at least 4 members (excludes halogenated alkanes) is 20. The highest BCUT2D eigenvalue weighted by Crippen LogP contribution is 2.16. The molecule has 0 aromatic carbocycles. The third kappa shape index (κ3) is 40.3. The molecule has 0 aromatic heterocycles. The molecule has 0 unspecified atom stereocenters. The second kappa shape index (κ2) is 45.0. The summed E-state index contributed by atoms with van der Waals surface area (Å²) in [6.45, 7) is 9.86. The van der Waals surface area contributed by atoms with Gasteiger partial charge in [-0.25, -0.2) is 0 Å². The van der Waals surface area contributed by atoms with Gasteiger partial charge in [0, 0.05) is 45.1 Å². The standard InChI is InChI=1S/C51H92O13/c1-6-11-15-19-23-27-31-46(52)59-39-44(40-60-47(53)32-28-24-20-16-12-7-2)63-50(56)37-35-43(58-10-5)36-38-51(57)64-45(41-61-48(54)33-29-25-21-17-13-8-3)42-62-49(55)34-30-26-22-18-14-9-4/h43-45H,6-42H2,1-5H3. The Bertz CT molecular complexity index is 1030. The summed E-state index contributed by atoms with van der Waals surface area (Å²) in [4.78, 5) is 76.2. The molecule has 13 heteroatoms. The van der Waals surface area contributed by atoms with Gasteiger partial charge in [0.05, 0.1) is 6.10 Å². The van der Waals surface area contributed by atoms with E-state index < -0.39 is 54.1 Å². The molecule has 0 spiro atoms. The van der Waals surface area contributed by atoms with Crippen LogP contribution >= 0.6 is 0 Å². The third-order valence-electron chi connectivity index (χ3n) is 11.0. The number of hydrogen-bond donors (Lipinski definition) is 0. The molecule has 0 aliphatic heterocycles. The highest BCUT2D eigenvalue weighted by molar-refractivity contribution is 5.72. The van der Waals surface area contributed by atoms with Gasteiger partial charge in [-0.2, -0.15) is 0 Å². The maximum absolute atomic E-state index is 13.1. The normalized spacial score (nSPS) is 11.2. The van der Waals surface area contributed by atoms with Crippen LogP contribution in [0.2, 0.25) is 0 Å². The maximum atomic E-state index is 13.1. The smallest absolute Gasteiger partial charge is 0.306 e. The van der Waals surface area contributed by atoms with Crippen LogP contribution in [0.4, 0.5) is 0 Å². The first-order valence-corrected chi connectivity index (χ1v) is 25.7. The summed E-state index contributed by atoms with van der Waals surface area (Å²) >= 11 is 0. The van der Waals surface area contributed by atoms with Crippen LogP contribution in [0.3, 0.4) is 0 Å². The Hall–Kier alpha value is -3.22. The lowest BCUT2D eigenvalue weighted by Crippen LogP contribution is -2.31. The third-order valence-corrected chi connectivity index (χ3v) is 11.0. The quantitative estimate of drug-likeness (QED) is 0.0322. The Morgan fingerprint density at radius 2 is 0.547 bits per heavy atom. The molecule has 0 heterocycles. The monoisotopic (exact) mass is 913 g/mol. The van der Waals surface area contributed by atoms with E-state index in [1.807, 2.05) is 6.92 Å². The van der Waals surface area contributed by atoms with E-state index >= 15 is 0 Å². The minimum absolute atomic E-state index is 0.0562. The summed E-state index contributed by atoms with van der Waals surface area (Å²) in [5, 5.41) is 0. The molecule has 0 aromatic rings. The van der Waals surface area contributed by atoms with Gasteiger partial charge in [-0.1, -0.05) is 156 Å². The van der Waals surface area contributed by atoms with E-state index in [1.165, 1.54) is 25.7 Å². The van der Waals surface area contributed by atoms with Crippen molar-refractivity contribution in [1.82, 2.24) is 0 Å². The number of hydrogen-bond acceptors (Lipinski definition) is 13. The minimum Gasteiger partial charge on any atom is -0.462 e. The van der Waals surface area contributed by atoms with E-state index in [2.05, 4.69) is 27.7 Å². The maximum Gasteiger partial charge on any atom is 0.306 e. The van der Waals surface area contributed by atoms with Crippen molar-refractivity contribution >= 4 is 35.8 Å². The molecule has 0 bridgehead atoms. The van der Waals surface area contributed by atoms with Gasteiger partial charge in [0.1, 0.15) is 26.4 Å². The van der Waals surface area contributed by atoms with Crippen LogP contribution in [0, 0.1) is 0 Å². The fourth-order valence-corrected chi connectivity index (χ4v) is 7.06.